The van der Waals surface area contributed by atoms with Gasteiger partial charge >= 0.3 is 12.0 Å². The van der Waals surface area contributed by atoms with E-state index in [0.29, 0.717) is 19.0 Å². The highest BCUT2D eigenvalue weighted by atomic mass is 16.4. The van der Waals surface area contributed by atoms with Crippen LogP contribution in [-0.4, -0.2) is 53.7 Å². The lowest BCUT2D eigenvalue weighted by Gasteiger charge is -2.35. The van der Waals surface area contributed by atoms with Gasteiger partial charge in [0.2, 0.25) is 0 Å². The molecule has 0 saturated carbocycles. The van der Waals surface area contributed by atoms with Crippen LogP contribution in [0.4, 0.5) is 4.79 Å². The molecule has 2 aliphatic heterocycles. The molecule has 2 saturated heterocycles. The zero-order valence-electron chi connectivity index (χ0n) is 12.8. The molecule has 0 aromatic rings. The van der Waals surface area contributed by atoms with Crippen LogP contribution in [0, 0.1) is 5.92 Å². The first kappa shape index (κ1) is 16.1. The minimum atomic E-state index is -0.783. The van der Waals surface area contributed by atoms with Crippen LogP contribution in [0.1, 0.15) is 45.4 Å². The van der Waals surface area contributed by atoms with Crippen molar-refractivity contribution in [2.24, 2.45) is 5.92 Å². The van der Waals surface area contributed by atoms with Crippen LogP contribution < -0.4 is 10.6 Å². The Balaban J connectivity index is 1.62. The number of urea groups is 1. The third kappa shape index (κ3) is 5.19. The van der Waals surface area contributed by atoms with Gasteiger partial charge in [-0.3, -0.25) is 4.79 Å². The number of carbonyl (C=O) groups is 2. The van der Waals surface area contributed by atoms with Crippen molar-refractivity contribution in [3.8, 4) is 0 Å². The van der Waals surface area contributed by atoms with Gasteiger partial charge in [0.15, 0.2) is 0 Å². The summed E-state index contributed by atoms with van der Waals surface area (Å²) in [6.45, 7) is 4.79. The molecule has 2 fully saturated rings. The number of aliphatic carboxylic acids is 1. The summed E-state index contributed by atoms with van der Waals surface area (Å²) in [5.74, 6) is -0.599. The third-order valence-electron chi connectivity index (χ3n) is 4.62. The fourth-order valence-electron chi connectivity index (χ4n) is 3.33. The monoisotopic (exact) mass is 297 g/mol. The standard InChI is InChI=1S/C15H27N3O3/c1-11(4-5-14(19)20)10-16-15(21)17-12-6-8-18-7-2-3-13(18)9-12/h11-13H,2-10H2,1H3,(H,19,20)(H2,16,17,21). The van der Waals surface area contributed by atoms with Crippen molar-refractivity contribution in [3.63, 3.8) is 0 Å². The number of nitrogens with zero attached hydrogens (tertiary/aromatic N) is 1. The van der Waals surface area contributed by atoms with Crippen molar-refractivity contribution in [2.45, 2.75) is 57.5 Å². The smallest absolute Gasteiger partial charge is 0.315 e. The lowest BCUT2D eigenvalue weighted by Crippen LogP contribution is -2.50. The minimum absolute atomic E-state index is 0.117. The quantitative estimate of drug-likeness (QED) is 0.692. The average Bonchev–Trinajstić information content (AvgIpc) is 2.90. The van der Waals surface area contributed by atoms with E-state index in [1.807, 2.05) is 6.92 Å². The summed E-state index contributed by atoms with van der Waals surface area (Å²) >= 11 is 0. The largest absolute Gasteiger partial charge is 0.481 e. The highest BCUT2D eigenvalue weighted by Crippen LogP contribution is 2.26. The Hall–Kier alpha value is -1.30. The molecule has 21 heavy (non-hydrogen) atoms. The van der Waals surface area contributed by atoms with Crippen molar-refractivity contribution in [1.29, 1.82) is 0 Å². The molecular weight excluding hydrogens is 270 g/mol. The SMILES string of the molecule is CC(CCC(=O)O)CNC(=O)NC1CCN2CCCC2C1. The van der Waals surface area contributed by atoms with E-state index in [1.165, 1.54) is 19.4 Å². The second-order valence-electron chi connectivity index (χ2n) is 6.45. The zero-order valence-corrected chi connectivity index (χ0v) is 12.8. The van der Waals surface area contributed by atoms with E-state index in [9.17, 15) is 9.59 Å². The summed E-state index contributed by atoms with van der Waals surface area (Å²) in [5.41, 5.74) is 0. The van der Waals surface area contributed by atoms with E-state index in [1.54, 1.807) is 0 Å². The molecule has 0 spiro atoms. The lowest BCUT2D eigenvalue weighted by molar-refractivity contribution is -0.137. The second kappa shape index (κ2) is 7.64. The maximum absolute atomic E-state index is 11.9. The molecule has 3 atom stereocenters. The molecule has 3 unspecified atom stereocenters. The molecule has 0 aromatic carbocycles. The van der Waals surface area contributed by atoms with Gasteiger partial charge in [0.1, 0.15) is 0 Å². The maximum Gasteiger partial charge on any atom is 0.315 e. The Bertz CT molecular complexity index is 375. The predicted octanol–water partition coefficient (Wildman–Crippen LogP) is 1.41. The molecule has 0 bridgehead atoms. The van der Waals surface area contributed by atoms with Crippen LogP contribution in [0.3, 0.4) is 0 Å². The normalized spacial score (nSPS) is 26.9. The highest BCUT2D eigenvalue weighted by Gasteiger charge is 2.32. The fourth-order valence-corrected chi connectivity index (χ4v) is 3.33. The van der Waals surface area contributed by atoms with Gasteiger partial charge in [-0.05, 0) is 44.6 Å². The molecule has 2 amide bonds. The van der Waals surface area contributed by atoms with Gasteiger partial charge in [0, 0.05) is 31.6 Å². The summed E-state index contributed by atoms with van der Waals surface area (Å²) in [6, 6.07) is 0.811. The van der Waals surface area contributed by atoms with Crippen molar-refractivity contribution in [2.75, 3.05) is 19.6 Å². The minimum Gasteiger partial charge on any atom is -0.481 e. The van der Waals surface area contributed by atoms with Gasteiger partial charge < -0.3 is 20.6 Å². The summed E-state index contributed by atoms with van der Waals surface area (Å²) in [5, 5.41) is 14.5. The van der Waals surface area contributed by atoms with Crippen LogP contribution in [-0.2, 0) is 4.79 Å². The van der Waals surface area contributed by atoms with Gasteiger partial charge in [0.05, 0.1) is 0 Å². The first-order chi connectivity index (χ1) is 10.0. The Labute approximate surface area is 126 Å². The van der Waals surface area contributed by atoms with E-state index >= 15 is 0 Å². The number of hydrogen-bond acceptors (Lipinski definition) is 3. The molecule has 6 nitrogen and oxygen atoms in total. The van der Waals surface area contributed by atoms with Crippen molar-refractivity contribution < 1.29 is 14.7 Å². The van der Waals surface area contributed by atoms with Crippen molar-refractivity contribution in [3.05, 3.63) is 0 Å². The van der Waals surface area contributed by atoms with Crippen LogP contribution in [0.15, 0.2) is 0 Å². The molecule has 2 aliphatic rings. The van der Waals surface area contributed by atoms with Gasteiger partial charge in [-0.25, -0.2) is 4.79 Å². The number of amides is 2. The van der Waals surface area contributed by atoms with E-state index in [4.69, 9.17) is 5.11 Å². The zero-order chi connectivity index (χ0) is 15.2. The van der Waals surface area contributed by atoms with E-state index in [2.05, 4.69) is 15.5 Å². The Kier molecular flexibility index (Phi) is 5.85. The number of nitrogens with one attached hydrogen (secondary N) is 2. The first-order valence-electron chi connectivity index (χ1n) is 8.05. The molecule has 0 radical (unpaired) electrons. The molecule has 6 heteroatoms. The maximum atomic E-state index is 11.9. The number of hydrogen-bond donors (Lipinski definition) is 3. The van der Waals surface area contributed by atoms with Gasteiger partial charge in [-0.1, -0.05) is 6.92 Å². The highest BCUT2D eigenvalue weighted by molar-refractivity contribution is 5.74. The average molecular weight is 297 g/mol. The summed E-state index contributed by atoms with van der Waals surface area (Å²) in [7, 11) is 0. The van der Waals surface area contributed by atoms with E-state index in [-0.39, 0.29) is 24.4 Å². The number of rotatable bonds is 6. The van der Waals surface area contributed by atoms with Gasteiger partial charge in [-0.15, -0.1) is 0 Å². The van der Waals surface area contributed by atoms with E-state index in [0.717, 1.165) is 19.4 Å². The number of fused-ring (bicyclic) bond motifs is 1. The Morgan fingerprint density at radius 1 is 1.33 bits per heavy atom. The Morgan fingerprint density at radius 3 is 2.90 bits per heavy atom. The molecule has 2 heterocycles. The molecular formula is C15H27N3O3. The fraction of sp³-hybridized carbons (Fsp3) is 0.867. The van der Waals surface area contributed by atoms with Crippen molar-refractivity contribution >= 4 is 12.0 Å². The molecule has 0 aliphatic carbocycles. The first-order valence-corrected chi connectivity index (χ1v) is 8.05. The molecule has 3 N–H and O–H groups in total. The molecule has 0 aromatic heterocycles. The number of carboxylic acids is 1. The van der Waals surface area contributed by atoms with Crippen LogP contribution in [0.2, 0.25) is 0 Å². The number of carboxylic acid groups (broad SMARTS) is 1. The van der Waals surface area contributed by atoms with Gasteiger partial charge in [-0.2, -0.15) is 0 Å². The van der Waals surface area contributed by atoms with E-state index < -0.39 is 5.97 Å². The number of piperidine rings is 1. The molecule has 2 rings (SSSR count). The predicted molar refractivity (Wildman–Crippen MR) is 80.2 cm³/mol. The Morgan fingerprint density at radius 2 is 2.14 bits per heavy atom. The summed E-state index contributed by atoms with van der Waals surface area (Å²) < 4.78 is 0. The van der Waals surface area contributed by atoms with Crippen LogP contribution >= 0.6 is 0 Å². The van der Waals surface area contributed by atoms with Crippen LogP contribution in [0.5, 0.6) is 0 Å². The topological polar surface area (TPSA) is 81.7 Å². The number of carbonyl (C=O) groups excluding carboxylic acids is 1. The van der Waals surface area contributed by atoms with Crippen molar-refractivity contribution in [1.82, 2.24) is 15.5 Å². The summed E-state index contributed by atoms with van der Waals surface area (Å²) in [6.07, 6.45) is 5.37. The lowest BCUT2D eigenvalue weighted by atomic mass is 9.98. The van der Waals surface area contributed by atoms with Gasteiger partial charge in [0.25, 0.3) is 0 Å². The molecule has 120 valence electrons. The third-order valence-corrected chi connectivity index (χ3v) is 4.62. The van der Waals surface area contributed by atoms with Crippen LogP contribution in [0.25, 0.3) is 0 Å². The second-order valence-corrected chi connectivity index (χ2v) is 6.45. The summed E-state index contributed by atoms with van der Waals surface area (Å²) in [4.78, 5) is 24.9.